The van der Waals surface area contributed by atoms with Crippen LogP contribution in [0.4, 0.5) is 0 Å². The summed E-state index contributed by atoms with van der Waals surface area (Å²) in [4.78, 5) is 14.3. The minimum atomic E-state index is 0. The highest BCUT2D eigenvalue weighted by Crippen LogP contribution is 2.20. The number of rotatable bonds is 1. The van der Waals surface area contributed by atoms with E-state index in [-0.39, 0.29) is 24.4 Å². The molecule has 0 aromatic heterocycles. The molecule has 3 nitrogen and oxygen atoms in total. The van der Waals surface area contributed by atoms with Crippen molar-refractivity contribution in [1.82, 2.24) is 10.2 Å². The van der Waals surface area contributed by atoms with Crippen molar-refractivity contribution in [3.8, 4) is 0 Å². The largest absolute Gasteiger partial charge is 0.333 e. The van der Waals surface area contributed by atoms with Crippen LogP contribution in [0.5, 0.6) is 0 Å². The first-order valence-electron chi connectivity index (χ1n) is 5.56. The van der Waals surface area contributed by atoms with Gasteiger partial charge in [0, 0.05) is 34.3 Å². The molecular weight excluding hydrogens is 386 g/mol. The minimum Gasteiger partial charge on any atom is -0.333 e. The van der Waals surface area contributed by atoms with Gasteiger partial charge in [0.25, 0.3) is 5.91 Å². The van der Waals surface area contributed by atoms with Crippen molar-refractivity contribution in [2.24, 2.45) is 0 Å². The molecule has 1 heterocycles. The average molecular weight is 401 g/mol. The summed E-state index contributed by atoms with van der Waals surface area (Å²) in [7, 11) is 0. The summed E-state index contributed by atoms with van der Waals surface area (Å²) in [5, 5.41) is 3.88. The van der Waals surface area contributed by atoms with Gasteiger partial charge < -0.3 is 10.2 Å². The van der Waals surface area contributed by atoms with Crippen molar-refractivity contribution in [2.45, 2.75) is 13.0 Å². The predicted octanol–water partition coefficient (Wildman–Crippen LogP) is 2.80. The molecule has 1 aliphatic rings. The maximum atomic E-state index is 12.4. The summed E-state index contributed by atoms with van der Waals surface area (Å²) in [5.74, 6) is 0.0749. The molecule has 1 N–H and O–H groups in total. The Balaban J connectivity index is 0.00000162. The third kappa shape index (κ3) is 3.50. The standard InChI is InChI=1S/C12H14ClIN2O.ClH/c1-8-7-15-4-5-16(8)12(17)10-6-9(13)2-3-11(10)14;/h2-3,6,8,15H,4-5,7H2,1H3;1H/t8-;/m0./s1. The molecule has 1 saturated heterocycles. The number of piperazine rings is 1. The highest BCUT2D eigenvalue weighted by molar-refractivity contribution is 14.1. The molecule has 1 fully saturated rings. The smallest absolute Gasteiger partial charge is 0.255 e. The molecule has 1 aromatic carbocycles. The number of hydrogen-bond donors (Lipinski definition) is 1. The fraction of sp³-hybridized carbons (Fsp3) is 0.417. The van der Waals surface area contributed by atoms with Gasteiger partial charge in [0.2, 0.25) is 0 Å². The lowest BCUT2D eigenvalue weighted by molar-refractivity contribution is 0.0654. The Morgan fingerprint density at radius 1 is 1.56 bits per heavy atom. The van der Waals surface area contributed by atoms with Crippen LogP contribution < -0.4 is 5.32 Å². The lowest BCUT2D eigenvalue weighted by atomic mass is 10.1. The Hall–Kier alpha value is -0.0400. The normalized spacial score (nSPS) is 19.3. The number of hydrogen-bond acceptors (Lipinski definition) is 2. The monoisotopic (exact) mass is 400 g/mol. The zero-order valence-electron chi connectivity index (χ0n) is 9.95. The SMILES string of the molecule is C[C@H]1CNCCN1C(=O)c1cc(Cl)ccc1I.Cl. The first-order valence-corrected chi connectivity index (χ1v) is 7.02. The predicted molar refractivity (Wildman–Crippen MR) is 84.8 cm³/mol. The van der Waals surface area contributed by atoms with Crippen molar-refractivity contribution in [2.75, 3.05) is 19.6 Å². The molecular formula is C12H15Cl2IN2O. The lowest BCUT2D eigenvalue weighted by Crippen LogP contribution is -2.52. The van der Waals surface area contributed by atoms with Crippen molar-refractivity contribution in [1.29, 1.82) is 0 Å². The third-order valence-electron chi connectivity index (χ3n) is 2.92. The topological polar surface area (TPSA) is 32.3 Å². The maximum absolute atomic E-state index is 12.4. The van der Waals surface area contributed by atoms with E-state index in [1.165, 1.54) is 0 Å². The van der Waals surface area contributed by atoms with Crippen molar-refractivity contribution < 1.29 is 4.79 Å². The summed E-state index contributed by atoms with van der Waals surface area (Å²) < 4.78 is 0.947. The van der Waals surface area contributed by atoms with Crippen LogP contribution in [-0.2, 0) is 0 Å². The summed E-state index contributed by atoms with van der Waals surface area (Å²) in [6, 6.07) is 5.66. The molecule has 0 unspecified atom stereocenters. The summed E-state index contributed by atoms with van der Waals surface area (Å²) in [6.07, 6.45) is 0. The van der Waals surface area contributed by atoms with Crippen LogP contribution in [0.3, 0.4) is 0 Å². The van der Waals surface area contributed by atoms with E-state index in [9.17, 15) is 4.79 Å². The van der Waals surface area contributed by atoms with Crippen LogP contribution >= 0.6 is 46.6 Å². The summed E-state index contributed by atoms with van der Waals surface area (Å²) in [6.45, 7) is 4.51. The Kier molecular flexibility index (Phi) is 6.17. The molecule has 0 aliphatic carbocycles. The highest BCUT2D eigenvalue weighted by atomic mass is 127. The van der Waals surface area contributed by atoms with Gasteiger partial charge in [-0.15, -0.1) is 12.4 Å². The van der Waals surface area contributed by atoms with Gasteiger partial charge in [0.1, 0.15) is 0 Å². The van der Waals surface area contributed by atoms with Gasteiger partial charge in [0.15, 0.2) is 0 Å². The van der Waals surface area contributed by atoms with E-state index in [0.29, 0.717) is 10.6 Å². The van der Waals surface area contributed by atoms with Gasteiger partial charge >= 0.3 is 0 Å². The molecule has 0 bridgehead atoms. The summed E-state index contributed by atoms with van der Waals surface area (Å²) >= 11 is 8.12. The van der Waals surface area contributed by atoms with E-state index in [4.69, 9.17) is 11.6 Å². The zero-order chi connectivity index (χ0) is 12.4. The Bertz CT molecular complexity index is 442. The second kappa shape index (κ2) is 6.93. The Morgan fingerprint density at radius 2 is 2.28 bits per heavy atom. The van der Waals surface area contributed by atoms with Crippen molar-refractivity contribution in [3.05, 3.63) is 32.4 Å². The Morgan fingerprint density at radius 3 is 2.94 bits per heavy atom. The van der Waals surface area contributed by atoms with Crippen LogP contribution in [0.15, 0.2) is 18.2 Å². The lowest BCUT2D eigenvalue weighted by Gasteiger charge is -2.34. The molecule has 0 saturated carbocycles. The van der Waals surface area contributed by atoms with Crippen LogP contribution in [0, 0.1) is 3.57 Å². The van der Waals surface area contributed by atoms with Crippen molar-refractivity contribution in [3.63, 3.8) is 0 Å². The van der Waals surface area contributed by atoms with Gasteiger partial charge in [-0.3, -0.25) is 4.79 Å². The van der Waals surface area contributed by atoms with E-state index in [1.54, 1.807) is 12.1 Å². The fourth-order valence-electron chi connectivity index (χ4n) is 1.96. The Labute approximate surface area is 132 Å². The number of nitrogens with one attached hydrogen (secondary N) is 1. The van der Waals surface area contributed by atoms with Crippen LogP contribution in [0.25, 0.3) is 0 Å². The average Bonchev–Trinajstić information content (AvgIpc) is 2.32. The van der Waals surface area contributed by atoms with E-state index >= 15 is 0 Å². The number of benzene rings is 1. The maximum Gasteiger partial charge on any atom is 0.255 e. The van der Waals surface area contributed by atoms with E-state index in [1.807, 2.05) is 11.0 Å². The van der Waals surface area contributed by atoms with Crippen LogP contribution in [0.2, 0.25) is 5.02 Å². The quantitative estimate of drug-likeness (QED) is 0.735. The van der Waals surface area contributed by atoms with E-state index < -0.39 is 0 Å². The number of carbonyl (C=O) groups excluding carboxylic acids is 1. The molecule has 6 heteroatoms. The number of amides is 1. The molecule has 1 aromatic rings. The molecule has 1 amide bonds. The van der Waals surface area contributed by atoms with Crippen LogP contribution in [0.1, 0.15) is 17.3 Å². The molecule has 1 aliphatic heterocycles. The molecule has 100 valence electrons. The molecule has 2 rings (SSSR count). The second-order valence-electron chi connectivity index (χ2n) is 4.18. The fourth-order valence-corrected chi connectivity index (χ4v) is 2.70. The van der Waals surface area contributed by atoms with Crippen molar-refractivity contribution >= 4 is 52.5 Å². The van der Waals surface area contributed by atoms with Crippen LogP contribution in [-0.4, -0.2) is 36.5 Å². The minimum absolute atomic E-state index is 0. The number of carbonyl (C=O) groups is 1. The number of halogens is 3. The van der Waals surface area contributed by atoms with E-state index in [2.05, 4.69) is 34.8 Å². The number of nitrogens with zero attached hydrogens (tertiary/aromatic N) is 1. The van der Waals surface area contributed by atoms with E-state index in [0.717, 1.165) is 23.2 Å². The molecule has 0 radical (unpaired) electrons. The molecule has 18 heavy (non-hydrogen) atoms. The third-order valence-corrected chi connectivity index (χ3v) is 4.10. The summed E-state index contributed by atoms with van der Waals surface area (Å²) in [5.41, 5.74) is 0.701. The van der Waals surface area contributed by atoms with Gasteiger partial charge in [-0.1, -0.05) is 11.6 Å². The highest BCUT2D eigenvalue weighted by Gasteiger charge is 2.25. The van der Waals surface area contributed by atoms with Gasteiger partial charge in [-0.25, -0.2) is 0 Å². The van der Waals surface area contributed by atoms with Gasteiger partial charge in [-0.2, -0.15) is 0 Å². The molecule has 1 atom stereocenters. The zero-order valence-corrected chi connectivity index (χ0v) is 13.7. The first kappa shape index (κ1) is 16.0. The molecule has 0 spiro atoms. The van der Waals surface area contributed by atoms with Gasteiger partial charge in [-0.05, 0) is 47.7 Å². The first-order chi connectivity index (χ1) is 8.09. The second-order valence-corrected chi connectivity index (χ2v) is 5.77. The van der Waals surface area contributed by atoms with Gasteiger partial charge in [0.05, 0.1) is 5.56 Å².